The molecule has 0 radical (unpaired) electrons. The van der Waals surface area contributed by atoms with Crippen LogP contribution in [0.1, 0.15) is 39.5 Å². The van der Waals surface area contributed by atoms with Gasteiger partial charge in [-0.25, -0.2) is 0 Å². The summed E-state index contributed by atoms with van der Waals surface area (Å²) in [4.78, 5) is 2.59. The Morgan fingerprint density at radius 2 is 2.25 bits per heavy atom. The largest absolute Gasteiger partial charge is 0.377 e. The molecular formula is C13H26N2O. The summed E-state index contributed by atoms with van der Waals surface area (Å²) < 4.78 is 5.68. The van der Waals surface area contributed by atoms with Gasteiger partial charge in [0.1, 0.15) is 0 Å². The van der Waals surface area contributed by atoms with Crippen molar-refractivity contribution in [2.45, 2.75) is 57.7 Å². The Morgan fingerprint density at radius 1 is 1.44 bits per heavy atom. The summed E-state index contributed by atoms with van der Waals surface area (Å²) in [5.74, 6) is 0. The lowest BCUT2D eigenvalue weighted by Gasteiger charge is -2.28. The highest BCUT2D eigenvalue weighted by Crippen LogP contribution is 2.19. The van der Waals surface area contributed by atoms with Crippen molar-refractivity contribution in [1.82, 2.24) is 10.2 Å². The fraction of sp³-hybridized carbons (Fsp3) is 1.00. The zero-order chi connectivity index (χ0) is 11.4. The van der Waals surface area contributed by atoms with Gasteiger partial charge in [0.25, 0.3) is 0 Å². The summed E-state index contributed by atoms with van der Waals surface area (Å²) in [5.41, 5.74) is 0. The van der Waals surface area contributed by atoms with Gasteiger partial charge in [-0.15, -0.1) is 0 Å². The molecule has 2 fully saturated rings. The highest BCUT2D eigenvalue weighted by molar-refractivity contribution is 4.81. The first-order valence-electron chi connectivity index (χ1n) is 6.84. The highest BCUT2D eigenvalue weighted by Gasteiger charge is 2.22. The molecule has 1 aliphatic carbocycles. The van der Waals surface area contributed by atoms with Gasteiger partial charge in [0.2, 0.25) is 0 Å². The van der Waals surface area contributed by atoms with Crippen molar-refractivity contribution in [1.29, 1.82) is 0 Å². The number of nitrogens with zero attached hydrogens (tertiary/aromatic N) is 1. The second kappa shape index (κ2) is 5.99. The fourth-order valence-corrected chi connectivity index (χ4v) is 2.39. The Kier molecular flexibility index (Phi) is 4.62. The molecule has 2 unspecified atom stereocenters. The molecule has 0 aromatic rings. The summed E-state index contributed by atoms with van der Waals surface area (Å²) in [5, 5.41) is 3.60. The van der Waals surface area contributed by atoms with Crippen molar-refractivity contribution in [2.75, 3.05) is 26.2 Å². The van der Waals surface area contributed by atoms with Crippen LogP contribution in [0.25, 0.3) is 0 Å². The first-order chi connectivity index (χ1) is 7.75. The molecule has 2 atom stereocenters. The van der Waals surface area contributed by atoms with E-state index in [0.29, 0.717) is 12.1 Å². The van der Waals surface area contributed by atoms with E-state index in [0.717, 1.165) is 19.2 Å². The fourth-order valence-electron chi connectivity index (χ4n) is 2.39. The number of hydrogen-bond acceptors (Lipinski definition) is 3. The average molecular weight is 226 g/mol. The van der Waals surface area contributed by atoms with Gasteiger partial charge in [0.15, 0.2) is 0 Å². The maximum Gasteiger partial charge on any atom is 0.0673 e. The predicted molar refractivity (Wildman–Crippen MR) is 66.7 cm³/mol. The zero-order valence-electron chi connectivity index (χ0n) is 10.7. The van der Waals surface area contributed by atoms with Gasteiger partial charge < -0.3 is 10.1 Å². The van der Waals surface area contributed by atoms with Gasteiger partial charge in [0.05, 0.1) is 6.10 Å². The Bertz CT molecular complexity index is 206. The molecule has 0 aromatic carbocycles. The van der Waals surface area contributed by atoms with Crippen LogP contribution in [0.2, 0.25) is 0 Å². The summed E-state index contributed by atoms with van der Waals surface area (Å²) in [6.45, 7) is 8.96. The van der Waals surface area contributed by atoms with E-state index >= 15 is 0 Å². The smallest absolute Gasteiger partial charge is 0.0673 e. The molecule has 1 saturated heterocycles. The molecule has 0 bridgehead atoms. The lowest BCUT2D eigenvalue weighted by atomic mass is 10.2. The lowest BCUT2D eigenvalue weighted by Crippen LogP contribution is -2.39. The molecule has 16 heavy (non-hydrogen) atoms. The third-order valence-corrected chi connectivity index (χ3v) is 3.68. The van der Waals surface area contributed by atoms with E-state index in [9.17, 15) is 0 Å². The van der Waals surface area contributed by atoms with E-state index < -0.39 is 0 Å². The van der Waals surface area contributed by atoms with Crippen LogP contribution in [0, 0.1) is 0 Å². The number of ether oxygens (including phenoxy) is 1. The third-order valence-electron chi connectivity index (χ3n) is 3.68. The third kappa shape index (κ3) is 4.04. The van der Waals surface area contributed by atoms with E-state index in [1.54, 1.807) is 0 Å². The molecule has 94 valence electrons. The van der Waals surface area contributed by atoms with Crippen molar-refractivity contribution >= 4 is 0 Å². The summed E-state index contributed by atoms with van der Waals surface area (Å²) in [6.07, 6.45) is 5.64. The van der Waals surface area contributed by atoms with Crippen LogP contribution in [-0.4, -0.2) is 49.3 Å². The predicted octanol–water partition coefficient (Wildman–Crippen LogP) is 1.63. The Morgan fingerprint density at radius 3 is 3.00 bits per heavy atom. The topological polar surface area (TPSA) is 24.5 Å². The zero-order valence-corrected chi connectivity index (χ0v) is 10.7. The summed E-state index contributed by atoms with van der Waals surface area (Å²) in [7, 11) is 0. The molecule has 3 heteroatoms. The normalized spacial score (nSPS) is 30.0. The van der Waals surface area contributed by atoms with Gasteiger partial charge in [-0.3, -0.25) is 4.90 Å². The minimum absolute atomic E-state index is 0.404. The summed E-state index contributed by atoms with van der Waals surface area (Å²) in [6, 6.07) is 1.54. The monoisotopic (exact) mass is 226 g/mol. The molecule has 1 heterocycles. The van der Waals surface area contributed by atoms with E-state index in [1.807, 2.05) is 0 Å². The molecule has 1 aliphatic heterocycles. The SMILES string of the molecule is CC1CN(C(C)CCNC2CC2)CCCO1. The van der Waals surface area contributed by atoms with Crippen LogP contribution in [0.3, 0.4) is 0 Å². The average Bonchev–Trinajstić information content (AvgIpc) is 3.05. The molecule has 0 aromatic heterocycles. The molecule has 0 amide bonds. The first kappa shape index (κ1) is 12.3. The van der Waals surface area contributed by atoms with E-state index in [2.05, 4.69) is 24.1 Å². The van der Waals surface area contributed by atoms with Gasteiger partial charge >= 0.3 is 0 Å². The van der Waals surface area contributed by atoms with Crippen molar-refractivity contribution in [3.8, 4) is 0 Å². The van der Waals surface area contributed by atoms with Crippen molar-refractivity contribution in [2.24, 2.45) is 0 Å². The van der Waals surface area contributed by atoms with E-state index in [1.165, 1.54) is 38.8 Å². The second-order valence-electron chi connectivity index (χ2n) is 5.40. The van der Waals surface area contributed by atoms with Gasteiger partial charge in [-0.05, 0) is 46.1 Å². The molecule has 2 rings (SSSR count). The van der Waals surface area contributed by atoms with Crippen LogP contribution in [0.15, 0.2) is 0 Å². The summed E-state index contributed by atoms with van der Waals surface area (Å²) >= 11 is 0. The number of hydrogen-bond donors (Lipinski definition) is 1. The van der Waals surface area contributed by atoms with Gasteiger partial charge in [-0.1, -0.05) is 0 Å². The molecule has 1 saturated carbocycles. The van der Waals surface area contributed by atoms with Crippen molar-refractivity contribution < 1.29 is 4.74 Å². The van der Waals surface area contributed by atoms with Crippen molar-refractivity contribution in [3.05, 3.63) is 0 Å². The van der Waals surface area contributed by atoms with Crippen LogP contribution >= 0.6 is 0 Å². The van der Waals surface area contributed by atoms with Crippen LogP contribution < -0.4 is 5.32 Å². The molecule has 0 spiro atoms. The van der Waals surface area contributed by atoms with Crippen molar-refractivity contribution in [3.63, 3.8) is 0 Å². The molecule has 3 nitrogen and oxygen atoms in total. The Hall–Kier alpha value is -0.120. The maximum atomic E-state index is 5.68. The molecule has 2 aliphatic rings. The standard InChI is InChI=1S/C13H26N2O/c1-11(6-7-14-13-4-5-13)15-8-3-9-16-12(2)10-15/h11-14H,3-10H2,1-2H3. The van der Waals surface area contributed by atoms with Crippen LogP contribution in [-0.2, 0) is 4.74 Å². The van der Waals surface area contributed by atoms with Crippen LogP contribution in [0.4, 0.5) is 0 Å². The number of rotatable bonds is 5. The molecule has 1 N–H and O–H groups in total. The highest BCUT2D eigenvalue weighted by atomic mass is 16.5. The minimum Gasteiger partial charge on any atom is -0.377 e. The lowest BCUT2D eigenvalue weighted by molar-refractivity contribution is 0.0613. The van der Waals surface area contributed by atoms with Crippen LogP contribution in [0.5, 0.6) is 0 Å². The Labute approximate surface area is 99.5 Å². The minimum atomic E-state index is 0.404. The first-order valence-corrected chi connectivity index (χ1v) is 6.84. The van der Waals surface area contributed by atoms with E-state index in [-0.39, 0.29) is 0 Å². The molecular weight excluding hydrogens is 200 g/mol. The maximum absolute atomic E-state index is 5.68. The Balaban J connectivity index is 1.66. The quantitative estimate of drug-likeness (QED) is 0.771. The van der Waals surface area contributed by atoms with E-state index in [4.69, 9.17) is 4.74 Å². The van der Waals surface area contributed by atoms with Gasteiger partial charge in [-0.2, -0.15) is 0 Å². The second-order valence-corrected chi connectivity index (χ2v) is 5.40. The number of nitrogens with one attached hydrogen (secondary N) is 1. The van der Waals surface area contributed by atoms with Gasteiger partial charge in [0, 0.05) is 31.8 Å².